The standard InChI is InChI=1S/C12H15NO/c1-3-4-5-8-14-12-9-10(2)6-7-11(12)13/h6-7,9H,5,8,13H2,1-2H3. The van der Waals surface area contributed by atoms with E-state index in [1.165, 1.54) is 0 Å². The molecule has 1 rings (SSSR count). The average Bonchev–Trinajstić information content (AvgIpc) is 2.18. The summed E-state index contributed by atoms with van der Waals surface area (Å²) >= 11 is 0. The first-order valence-electron chi connectivity index (χ1n) is 4.62. The normalized spacial score (nSPS) is 9.00. The first kappa shape index (κ1) is 10.5. The van der Waals surface area contributed by atoms with Crippen LogP contribution < -0.4 is 10.5 Å². The van der Waals surface area contributed by atoms with Crippen molar-refractivity contribution in [1.29, 1.82) is 0 Å². The molecule has 0 aromatic heterocycles. The van der Waals surface area contributed by atoms with E-state index in [1.807, 2.05) is 32.0 Å². The van der Waals surface area contributed by atoms with Crippen LogP contribution in [0.15, 0.2) is 18.2 Å². The number of nitrogens with two attached hydrogens (primary N) is 1. The fraction of sp³-hybridized carbons (Fsp3) is 0.333. The molecule has 0 heterocycles. The lowest BCUT2D eigenvalue weighted by Gasteiger charge is -2.07. The van der Waals surface area contributed by atoms with Gasteiger partial charge in [0.1, 0.15) is 5.75 Å². The summed E-state index contributed by atoms with van der Waals surface area (Å²) in [6.45, 7) is 4.42. The minimum absolute atomic E-state index is 0.592. The second kappa shape index (κ2) is 5.18. The van der Waals surface area contributed by atoms with E-state index in [0.29, 0.717) is 12.3 Å². The summed E-state index contributed by atoms with van der Waals surface area (Å²) in [6.07, 6.45) is 0.740. The van der Waals surface area contributed by atoms with E-state index < -0.39 is 0 Å². The molecule has 0 spiro atoms. The van der Waals surface area contributed by atoms with Gasteiger partial charge in [0.25, 0.3) is 0 Å². The van der Waals surface area contributed by atoms with Crippen molar-refractivity contribution < 1.29 is 4.74 Å². The maximum absolute atomic E-state index is 5.74. The van der Waals surface area contributed by atoms with Crippen molar-refractivity contribution in [2.24, 2.45) is 0 Å². The summed E-state index contributed by atoms with van der Waals surface area (Å²) in [7, 11) is 0. The van der Waals surface area contributed by atoms with E-state index in [4.69, 9.17) is 10.5 Å². The SMILES string of the molecule is CC#CCCOc1cc(C)ccc1N. The average molecular weight is 189 g/mol. The van der Waals surface area contributed by atoms with Gasteiger partial charge in [-0.2, -0.15) is 0 Å². The number of ether oxygens (including phenoxy) is 1. The lowest BCUT2D eigenvalue weighted by Crippen LogP contribution is -1.99. The van der Waals surface area contributed by atoms with Crippen LogP contribution >= 0.6 is 0 Å². The van der Waals surface area contributed by atoms with Crippen LogP contribution in [0.1, 0.15) is 18.9 Å². The second-order valence-electron chi connectivity index (χ2n) is 3.07. The Morgan fingerprint density at radius 2 is 2.21 bits per heavy atom. The van der Waals surface area contributed by atoms with Crippen LogP contribution in [-0.2, 0) is 0 Å². The van der Waals surface area contributed by atoms with Gasteiger partial charge in [-0.15, -0.1) is 11.8 Å². The van der Waals surface area contributed by atoms with E-state index >= 15 is 0 Å². The number of nitrogen functional groups attached to an aromatic ring is 1. The van der Waals surface area contributed by atoms with Crippen LogP contribution in [0.4, 0.5) is 5.69 Å². The molecule has 14 heavy (non-hydrogen) atoms. The second-order valence-corrected chi connectivity index (χ2v) is 3.07. The van der Waals surface area contributed by atoms with E-state index in [9.17, 15) is 0 Å². The molecule has 1 aromatic rings. The molecule has 0 aliphatic heterocycles. The Kier molecular flexibility index (Phi) is 3.87. The minimum Gasteiger partial charge on any atom is -0.490 e. The van der Waals surface area contributed by atoms with Crippen molar-refractivity contribution in [2.75, 3.05) is 12.3 Å². The zero-order valence-electron chi connectivity index (χ0n) is 8.63. The van der Waals surface area contributed by atoms with Crippen LogP contribution in [0.5, 0.6) is 5.75 Å². The Morgan fingerprint density at radius 3 is 2.93 bits per heavy atom. The van der Waals surface area contributed by atoms with Crippen LogP contribution in [0.25, 0.3) is 0 Å². The molecule has 2 N–H and O–H groups in total. The summed E-state index contributed by atoms with van der Waals surface area (Å²) < 4.78 is 5.49. The Balaban J connectivity index is 2.56. The van der Waals surface area contributed by atoms with Gasteiger partial charge in [-0.3, -0.25) is 0 Å². The summed E-state index contributed by atoms with van der Waals surface area (Å²) in [6, 6.07) is 5.76. The fourth-order valence-electron chi connectivity index (χ4n) is 1.10. The predicted molar refractivity (Wildman–Crippen MR) is 59.2 cm³/mol. The Morgan fingerprint density at radius 1 is 1.43 bits per heavy atom. The van der Waals surface area contributed by atoms with Crippen LogP contribution in [0.2, 0.25) is 0 Å². The highest BCUT2D eigenvalue weighted by atomic mass is 16.5. The van der Waals surface area contributed by atoms with Crippen LogP contribution in [0.3, 0.4) is 0 Å². The monoisotopic (exact) mass is 189 g/mol. The Hall–Kier alpha value is -1.62. The minimum atomic E-state index is 0.592. The highest BCUT2D eigenvalue weighted by molar-refractivity contribution is 5.53. The van der Waals surface area contributed by atoms with E-state index in [1.54, 1.807) is 0 Å². The van der Waals surface area contributed by atoms with E-state index in [2.05, 4.69) is 11.8 Å². The zero-order valence-corrected chi connectivity index (χ0v) is 8.63. The molecule has 0 aliphatic rings. The molecule has 0 fully saturated rings. The third kappa shape index (κ3) is 3.02. The smallest absolute Gasteiger partial charge is 0.142 e. The van der Waals surface area contributed by atoms with Crippen molar-refractivity contribution in [3.8, 4) is 17.6 Å². The molecular formula is C12H15NO. The van der Waals surface area contributed by atoms with Gasteiger partial charge >= 0.3 is 0 Å². The predicted octanol–water partition coefficient (Wildman–Crippen LogP) is 2.37. The third-order valence-electron chi connectivity index (χ3n) is 1.83. The summed E-state index contributed by atoms with van der Waals surface area (Å²) in [5.74, 6) is 6.51. The van der Waals surface area contributed by atoms with E-state index in [0.717, 1.165) is 17.7 Å². The number of anilines is 1. The summed E-state index contributed by atoms with van der Waals surface area (Å²) in [5, 5.41) is 0. The summed E-state index contributed by atoms with van der Waals surface area (Å²) in [5.41, 5.74) is 7.57. The van der Waals surface area contributed by atoms with Gasteiger partial charge in [-0.25, -0.2) is 0 Å². The van der Waals surface area contributed by atoms with Crippen molar-refractivity contribution in [3.63, 3.8) is 0 Å². The highest BCUT2D eigenvalue weighted by Gasteiger charge is 1.98. The number of hydrogen-bond donors (Lipinski definition) is 1. The lowest BCUT2D eigenvalue weighted by molar-refractivity contribution is 0.329. The maximum atomic E-state index is 5.74. The molecule has 1 aromatic carbocycles. The van der Waals surface area contributed by atoms with Gasteiger partial charge in [0.2, 0.25) is 0 Å². The molecule has 0 radical (unpaired) electrons. The van der Waals surface area contributed by atoms with Crippen LogP contribution in [-0.4, -0.2) is 6.61 Å². The molecular weight excluding hydrogens is 174 g/mol. The maximum Gasteiger partial charge on any atom is 0.142 e. The lowest BCUT2D eigenvalue weighted by atomic mass is 10.2. The van der Waals surface area contributed by atoms with Gasteiger partial charge in [-0.1, -0.05) is 6.07 Å². The zero-order chi connectivity index (χ0) is 10.4. The van der Waals surface area contributed by atoms with E-state index in [-0.39, 0.29) is 0 Å². The molecule has 2 nitrogen and oxygen atoms in total. The Bertz CT molecular complexity index is 360. The molecule has 0 aliphatic carbocycles. The van der Waals surface area contributed by atoms with Crippen LogP contribution in [0, 0.1) is 18.8 Å². The van der Waals surface area contributed by atoms with Gasteiger partial charge in [0.15, 0.2) is 0 Å². The van der Waals surface area contributed by atoms with Gasteiger partial charge < -0.3 is 10.5 Å². The molecule has 0 saturated heterocycles. The largest absolute Gasteiger partial charge is 0.490 e. The van der Waals surface area contributed by atoms with Gasteiger partial charge in [0, 0.05) is 6.42 Å². The number of rotatable bonds is 3. The van der Waals surface area contributed by atoms with Gasteiger partial charge in [0.05, 0.1) is 12.3 Å². The number of hydrogen-bond acceptors (Lipinski definition) is 2. The molecule has 0 atom stereocenters. The topological polar surface area (TPSA) is 35.2 Å². The molecule has 74 valence electrons. The summed E-state index contributed by atoms with van der Waals surface area (Å²) in [4.78, 5) is 0. The third-order valence-corrected chi connectivity index (χ3v) is 1.83. The number of aryl methyl sites for hydroxylation is 1. The molecule has 0 unspecified atom stereocenters. The Labute approximate surface area is 85.1 Å². The molecule has 0 amide bonds. The van der Waals surface area contributed by atoms with Crippen molar-refractivity contribution in [3.05, 3.63) is 23.8 Å². The van der Waals surface area contributed by atoms with Crippen molar-refractivity contribution >= 4 is 5.69 Å². The quantitative estimate of drug-likeness (QED) is 0.450. The number of benzene rings is 1. The molecule has 2 heteroatoms. The van der Waals surface area contributed by atoms with Crippen molar-refractivity contribution in [1.82, 2.24) is 0 Å². The first-order valence-corrected chi connectivity index (χ1v) is 4.62. The van der Waals surface area contributed by atoms with Gasteiger partial charge in [-0.05, 0) is 31.5 Å². The first-order chi connectivity index (χ1) is 6.74. The van der Waals surface area contributed by atoms with Crippen molar-refractivity contribution in [2.45, 2.75) is 20.3 Å². The highest BCUT2D eigenvalue weighted by Crippen LogP contribution is 2.22. The fourth-order valence-corrected chi connectivity index (χ4v) is 1.10. The molecule has 0 bridgehead atoms. The molecule has 0 saturated carbocycles.